The molecule has 1 aromatic carbocycles. The van der Waals surface area contributed by atoms with E-state index >= 15 is 0 Å². The van der Waals surface area contributed by atoms with Crippen molar-refractivity contribution in [3.8, 4) is 0 Å². The quantitative estimate of drug-likeness (QED) is 0.839. The minimum absolute atomic E-state index is 0.0445. The van der Waals surface area contributed by atoms with E-state index in [9.17, 15) is 13.2 Å². The van der Waals surface area contributed by atoms with Gasteiger partial charge in [-0.3, -0.25) is 4.79 Å². The molecule has 0 unspecified atom stereocenters. The molecule has 1 fully saturated rings. The topological polar surface area (TPSA) is 63.7 Å². The molecule has 1 atom stereocenters. The highest BCUT2D eigenvalue weighted by Crippen LogP contribution is 2.19. The minimum Gasteiger partial charge on any atom is -0.375 e. The van der Waals surface area contributed by atoms with Gasteiger partial charge in [-0.1, -0.05) is 17.7 Å². The molecule has 1 aromatic rings. The summed E-state index contributed by atoms with van der Waals surface area (Å²) in [4.78, 5) is 13.8. The van der Waals surface area contributed by atoms with Crippen molar-refractivity contribution >= 4 is 15.7 Å². The fourth-order valence-electron chi connectivity index (χ4n) is 3.03. The maximum Gasteiger partial charge on any atom is 0.237 e. The van der Waals surface area contributed by atoms with Gasteiger partial charge in [0.05, 0.1) is 18.5 Å². The van der Waals surface area contributed by atoms with Gasteiger partial charge in [-0.25, -0.2) is 8.42 Å². The van der Waals surface area contributed by atoms with Gasteiger partial charge >= 0.3 is 0 Å². The van der Waals surface area contributed by atoms with Crippen LogP contribution in [0.1, 0.15) is 29.2 Å². The summed E-state index contributed by atoms with van der Waals surface area (Å²) >= 11 is 0. The molecule has 5 nitrogen and oxygen atoms in total. The molecule has 1 saturated heterocycles. The van der Waals surface area contributed by atoms with Crippen molar-refractivity contribution in [2.45, 2.75) is 39.6 Å². The molecular weight excluding hydrogens is 314 g/mol. The standard InChI is InChI=1S/C17H25NO4S/c1-12-7-13(2)16(14(3)8-12)10-23(20,21)11-17(19)18-5-6-22-15(4)9-18/h7-8,15H,5-6,9-11H2,1-4H3/t15-/m0/s1. The van der Waals surface area contributed by atoms with Crippen molar-refractivity contribution in [1.29, 1.82) is 0 Å². The number of carbonyl (C=O) groups is 1. The number of sulfone groups is 1. The predicted molar refractivity (Wildman–Crippen MR) is 90.1 cm³/mol. The van der Waals surface area contributed by atoms with E-state index in [-0.39, 0.29) is 17.8 Å². The number of aryl methyl sites for hydroxylation is 3. The van der Waals surface area contributed by atoms with Gasteiger partial charge in [-0.05, 0) is 44.4 Å². The van der Waals surface area contributed by atoms with Gasteiger partial charge in [0, 0.05) is 13.1 Å². The number of carbonyl (C=O) groups excluding carboxylic acids is 1. The molecule has 1 heterocycles. The van der Waals surface area contributed by atoms with Crippen LogP contribution >= 0.6 is 0 Å². The van der Waals surface area contributed by atoms with Gasteiger partial charge in [0.25, 0.3) is 0 Å². The molecular formula is C17H25NO4S. The van der Waals surface area contributed by atoms with Crippen molar-refractivity contribution in [3.63, 3.8) is 0 Å². The van der Waals surface area contributed by atoms with Crippen LogP contribution in [-0.2, 0) is 25.1 Å². The fraction of sp³-hybridized carbons (Fsp3) is 0.588. The van der Waals surface area contributed by atoms with Crippen LogP contribution in [0, 0.1) is 20.8 Å². The summed E-state index contributed by atoms with van der Waals surface area (Å²) < 4.78 is 30.3. The maximum absolute atomic E-state index is 12.4. The lowest BCUT2D eigenvalue weighted by molar-refractivity contribution is -0.135. The Balaban J connectivity index is 2.09. The van der Waals surface area contributed by atoms with E-state index in [0.717, 1.165) is 22.3 Å². The molecule has 0 spiro atoms. The lowest BCUT2D eigenvalue weighted by Crippen LogP contribution is -2.46. The predicted octanol–water partition coefficient (Wildman–Crippen LogP) is 1.77. The first-order chi connectivity index (χ1) is 10.7. The summed E-state index contributed by atoms with van der Waals surface area (Å²) in [7, 11) is -3.49. The van der Waals surface area contributed by atoms with E-state index in [4.69, 9.17) is 4.74 Å². The average molecular weight is 339 g/mol. The Labute approximate surface area is 138 Å². The number of nitrogens with zero attached hydrogens (tertiary/aromatic N) is 1. The Morgan fingerprint density at radius 3 is 2.43 bits per heavy atom. The number of hydrogen-bond donors (Lipinski definition) is 0. The first-order valence-corrected chi connectivity index (χ1v) is 9.66. The first kappa shape index (κ1) is 17.9. The molecule has 2 rings (SSSR count). The molecule has 0 aliphatic carbocycles. The maximum atomic E-state index is 12.4. The zero-order valence-corrected chi connectivity index (χ0v) is 15.1. The van der Waals surface area contributed by atoms with E-state index in [1.165, 1.54) is 0 Å². The van der Waals surface area contributed by atoms with Crippen LogP contribution in [0.3, 0.4) is 0 Å². The normalized spacial score (nSPS) is 19.0. The summed E-state index contributed by atoms with van der Waals surface area (Å²) in [6.07, 6.45) is -0.0445. The Kier molecular flexibility index (Phi) is 5.47. The molecule has 6 heteroatoms. The Hall–Kier alpha value is -1.40. The third kappa shape index (κ3) is 4.78. The molecule has 0 radical (unpaired) electrons. The average Bonchev–Trinajstić information content (AvgIpc) is 2.42. The van der Waals surface area contributed by atoms with E-state index < -0.39 is 15.6 Å². The number of benzene rings is 1. The van der Waals surface area contributed by atoms with Crippen LogP contribution < -0.4 is 0 Å². The lowest BCUT2D eigenvalue weighted by Gasteiger charge is -2.31. The Morgan fingerprint density at radius 2 is 1.87 bits per heavy atom. The van der Waals surface area contributed by atoms with E-state index in [2.05, 4.69) is 0 Å². The number of ether oxygens (including phenoxy) is 1. The molecule has 23 heavy (non-hydrogen) atoms. The monoisotopic (exact) mass is 339 g/mol. The molecule has 1 aliphatic heterocycles. The largest absolute Gasteiger partial charge is 0.375 e. The van der Waals surface area contributed by atoms with Crippen LogP contribution in [-0.4, -0.2) is 50.8 Å². The zero-order chi connectivity index (χ0) is 17.2. The number of hydrogen-bond acceptors (Lipinski definition) is 4. The second kappa shape index (κ2) is 7.01. The summed E-state index contributed by atoms with van der Waals surface area (Å²) in [6, 6.07) is 3.95. The van der Waals surface area contributed by atoms with Gasteiger partial charge in [-0.15, -0.1) is 0 Å². The Morgan fingerprint density at radius 1 is 1.26 bits per heavy atom. The molecule has 0 N–H and O–H groups in total. The van der Waals surface area contributed by atoms with Crippen LogP contribution in [0.2, 0.25) is 0 Å². The summed E-state index contributed by atoms with van der Waals surface area (Å²) in [5.74, 6) is -0.856. The number of amides is 1. The zero-order valence-electron chi connectivity index (χ0n) is 14.3. The summed E-state index contributed by atoms with van der Waals surface area (Å²) in [6.45, 7) is 9.07. The van der Waals surface area contributed by atoms with Crippen LogP contribution in [0.15, 0.2) is 12.1 Å². The third-order valence-corrected chi connectivity index (χ3v) is 5.56. The molecule has 1 amide bonds. The van der Waals surface area contributed by atoms with Gasteiger partial charge < -0.3 is 9.64 Å². The Bertz CT molecular complexity index is 674. The highest BCUT2D eigenvalue weighted by molar-refractivity contribution is 7.91. The van der Waals surface area contributed by atoms with E-state index in [1.807, 2.05) is 39.8 Å². The minimum atomic E-state index is -3.49. The SMILES string of the molecule is Cc1cc(C)c(CS(=O)(=O)CC(=O)N2CCO[C@@H](C)C2)c(C)c1. The summed E-state index contributed by atoms with van der Waals surface area (Å²) in [5, 5.41) is 0. The van der Waals surface area contributed by atoms with Crippen molar-refractivity contribution < 1.29 is 17.9 Å². The van der Waals surface area contributed by atoms with Crippen LogP contribution in [0.4, 0.5) is 0 Å². The number of rotatable bonds is 4. The van der Waals surface area contributed by atoms with Gasteiger partial charge in [0.2, 0.25) is 5.91 Å². The molecule has 0 aromatic heterocycles. The van der Waals surface area contributed by atoms with E-state index in [0.29, 0.717) is 19.7 Å². The van der Waals surface area contributed by atoms with Gasteiger partial charge in [0.15, 0.2) is 9.84 Å². The van der Waals surface area contributed by atoms with Crippen LogP contribution in [0.25, 0.3) is 0 Å². The third-order valence-electron chi connectivity index (χ3n) is 4.14. The highest BCUT2D eigenvalue weighted by atomic mass is 32.2. The lowest BCUT2D eigenvalue weighted by atomic mass is 10.0. The number of morpholine rings is 1. The molecule has 0 bridgehead atoms. The van der Waals surface area contributed by atoms with Crippen molar-refractivity contribution in [3.05, 3.63) is 34.4 Å². The second-order valence-electron chi connectivity index (χ2n) is 6.43. The summed E-state index contributed by atoms with van der Waals surface area (Å²) in [5.41, 5.74) is 3.83. The van der Waals surface area contributed by atoms with Gasteiger partial charge in [0.1, 0.15) is 5.75 Å². The van der Waals surface area contributed by atoms with Crippen molar-refractivity contribution in [2.24, 2.45) is 0 Å². The van der Waals surface area contributed by atoms with Crippen molar-refractivity contribution in [1.82, 2.24) is 4.90 Å². The van der Waals surface area contributed by atoms with Crippen LogP contribution in [0.5, 0.6) is 0 Å². The molecule has 0 saturated carbocycles. The van der Waals surface area contributed by atoms with E-state index in [1.54, 1.807) is 4.90 Å². The van der Waals surface area contributed by atoms with Crippen molar-refractivity contribution in [2.75, 3.05) is 25.4 Å². The second-order valence-corrected chi connectivity index (χ2v) is 8.50. The smallest absolute Gasteiger partial charge is 0.237 e. The highest BCUT2D eigenvalue weighted by Gasteiger charge is 2.26. The fourth-order valence-corrected chi connectivity index (χ4v) is 4.59. The molecule has 128 valence electrons. The van der Waals surface area contributed by atoms with Gasteiger partial charge in [-0.2, -0.15) is 0 Å². The molecule has 1 aliphatic rings. The first-order valence-electron chi connectivity index (χ1n) is 7.84.